The molecule has 22 heavy (non-hydrogen) atoms. The number of benzene rings is 2. The maximum atomic E-state index is 12.3. The fourth-order valence-electron chi connectivity index (χ4n) is 2.75. The molecule has 0 aliphatic carbocycles. The highest BCUT2D eigenvalue weighted by Crippen LogP contribution is 2.29. The van der Waals surface area contributed by atoms with E-state index >= 15 is 0 Å². The number of hydrogen-bond acceptors (Lipinski definition) is 2. The first-order valence-electron chi connectivity index (χ1n) is 7.48. The van der Waals surface area contributed by atoms with Gasteiger partial charge in [-0.25, -0.2) is 0 Å². The summed E-state index contributed by atoms with van der Waals surface area (Å²) in [4.78, 5) is 14.3. The monoisotopic (exact) mass is 331 g/mol. The first kappa shape index (κ1) is 15.4. The highest BCUT2D eigenvalue weighted by molar-refractivity contribution is 7.80. The van der Waals surface area contributed by atoms with Crippen LogP contribution >= 0.6 is 24.2 Å². The van der Waals surface area contributed by atoms with Crippen LogP contribution in [0.1, 0.15) is 39.6 Å². The number of hydrogen-bond donors (Lipinski definition) is 1. The van der Waals surface area contributed by atoms with Crippen molar-refractivity contribution in [2.24, 2.45) is 0 Å². The Morgan fingerprint density at radius 3 is 2.00 bits per heavy atom. The summed E-state index contributed by atoms with van der Waals surface area (Å²) < 4.78 is 0. The standard InChI is InChI=1S/C18H18ClNOS/c19-16-9-7-14(8-10-16)17(22)13-3-5-15(6-4-13)18(21)20-11-1-2-12-20/h3-10,17,22H,1-2,11-12H2. The Morgan fingerprint density at radius 2 is 1.45 bits per heavy atom. The molecule has 2 aromatic rings. The van der Waals surface area contributed by atoms with Crippen molar-refractivity contribution < 1.29 is 4.79 Å². The van der Waals surface area contributed by atoms with E-state index in [4.69, 9.17) is 11.6 Å². The van der Waals surface area contributed by atoms with Crippen LogP contribution < -0.4 is 0 Å². The summed E-state index contributed by atoms with van der Waals surface area (Å²) in [7, 11) is 0. The third-order valence-electron chi connectivity index (χ3n) is 4.05. The molecule has 1 saturated heterocycles. The molecule has 0 spiro atoms. The molecule has 1 amide bonds. The van der Waals surface area contributed by atoms with Crippen LogP contribution in [0.3, 0.4) is 0 Å². The van der Waals surface area contributed by atoms with E-state index in [9.17, 15) is 4.79 Å². The average Bonchev–Trinajstić information content (AvgIpc) is 3.09. The van der Waals surface area contributed by atoms with Crippen molar-refractivity contribution in [3.63, 3.8) is 0 Å². The Labute approximate surface area is 141 Å². The average molecular weight is 332 g/mol. The second-order valence-electron chi connectivity index (χ2n) is 5.58. The predicted octanol–water partition coefficient (Wildman–Crippen LogP) is 4.60. The highest BCUT2D eigenvalue weighted by Gasteiger charge is 2.19. The maximum Gasteiger partial charge on any atom is 0.253 e. The van der Waals surface area contributed by atoms with Crippen molar-refractivity contribution in [2.45, 2.75) is 18.1 Å². The van der Waals surface area contributed by atoms with Crippen LogP contribution in [0, 0.1) is 0 Å². The molecule has 0 aromatic heterocycles. The molecule has 1 fully saturated rings. The van der Waals surface area contributed by atoms with Gasteiger partial charge >= 0.3 is 0 Å². The molecule has 0 bridgehead atoms. The zero-order valence-corrected chi connectivity index (χ0v) is 13.9. The Kier molecular flexibility index (Phi) is 4.74. The lowest BCUT2D eigenvalue weighted by Crippen LogP contribution is -2.27. The molecule has 0 radical (unpaired) electrons. The smallest absolute Gasteiger partial charge is 0.253 e. The van der Waals surface area contributed by atoms with Gasteiger partial charge in [-0.15, -0.1) is 0 Å². The van der Waals surface area contributed by atoms with Gasteiger partial charge in [0.25, 0.3) is 5.91 Å². The van der Waals surface area contributed by atoms with Gasteiger partial charge in [-0.3, -0.25) is 4.79 Å². The molecule has 2 aromatic carbocycles. The minimum Gasteiger partial charge on any atom is -0.339 e. The zero-order valence-electron chi connectivity index (χ0n) is 12.2. The maximum absolute atomic E-state index is 12.3. The molecule has 1 aliphatic heterocycles. The fourth-order valence-corrected chi connectivity index (χ4v) is 3.22. The molecule has 1 aliphatic rings. The van der Waals surface area contributed by atoms with Crippen molar-refractivity contribution >= 4 is 30.1 Å². The third-order valence-corrected chi connectivity index (χ3v) is 4.90. The molecular formula is C18H18ClNOS. The number of nitrogens with zero attached hydrogens (tertiary/aromatic N) is 1. The lowest BCUT2D eigenvalue weighted by Gasteiger charge is -2.16. The summed E-state index contributed by atoms with van der Waals surface area (Å²) in [6, 6.07) is 15.4. The van der Waals surface area contributed by atoms with Crippen LogP contribution in [0.4, 0.5) is 0 Å². The van der Waals surface area contributed by atoms with Crippen LogP contribution in [0.5, 0.6) is 0 Å². The van der Waals surface area contributed by atoms with E-state index in [1.54, 1.807) is 0 Å². The van der Waals surface area contributed by atoms with Crippen LogP contribution in [0.2, 0.25) is 5.02 Å². The molecule has 1 atom stereocenters. The van der Waals surface area contributed by atoms with Gasteiger partial charge in [0.05, 0.1) is 5.25 Å². The fraction of sp³-hybridized carbons (Fsp3) is 0.278. The van der Waals surface area contributed by atoms with Crippen LogP contribution in [-0.2, 0) is 0 Å². The number of halogens is 1. The SMILES string of the molecule is O=C(c1ccc(C(S)c2ccc(Cl)cc2)cc1)N1CCCC1. The quantitative estimate of drug-likeness (QED) is 0.815. The van der Waals surface area contributed by atoms with E-state index < -0.39 is 0 Å². The molecule has 0 saturated carbocycles. The Hall–Kier alpha value is -1.45. The van der Waals surface area contributed by atoms with Crippen LogP contribution in [-0.4, -0.2) is 23.9 Å². The van der Waals surface area contributed by atoms with Crippen molar-refractivity contribution in [3.05, 3.63) is 70.2 Å². The normalized spacial score (nSPS) is 15.8. The summed E-state index contributed by atoms with van der Waals surface area (Å²) in [5, 5.41) is 0.698. The van der Waals surface area contributed by atoms with Gasteiger partial charge in [-0.05, 0) is 48.2 Å². The van der Waals surface area contributed by atoms with E-state index in [0.29, 0.717) is 0 Å². The Bertz CT molecular complexity index is 648. The molecule has 1 heterocycles. The summed E-state index contributed by atoms with van der Waals surface area (Å²) in [6.07, 6.45) is 2.22. The van der Waals surface area contributed by atoms with Gasteiger partial charge in [0.15, 0.2) is 0 Å². The molecule has 1 unspecified atom stereocenters. The second kappa shape index (κ2) is 6.76. The highest BCUT2D eigenvalue weighted by atomic mass is 35.5. The van der Waals surface area contributed by atoms with Gasteiger partial charge in [-0.2, -0.15) is 12.6 Å². The van der Waals surface area contributed by atoms with Crippen LogP contribution in [0.15, 0.2) is 48.5 Å². The summed E-state index contributed by atoms with van der Waals surface area (Å²) in [6.45, 7) is 1.75. The minimum atomic E-state index is -0.0202. The Morgan fingerprint density at radius 1 is 0.955 bits per heavy atom. The van der Waals surface area contributed by atoms with Gasteiger partial charge in [-0.1, -0.05) is 35.9 Å². The first-order chi connectivity index (χ1) is 10.6. The largest absolute Gasteiger partial charge is 0.339 e. The Balaban J connectivity index is 1.75. The van der Waals surface area contributed by atoms with Gasteiger partial charge in [0.2, 0.25) is 0 Å². The molecule has 3 rings (SSSR count). The van der Waals surface area contributed by atoms with E-state index in [-0.39, 0.29) is 11.2 Å². The number of carbonyl (C=O) groups excluding carboxylic acids is 1. The molecule has 114 valence electrons. The summed E-state index contributed by atoms with van der Waals surface area (Å²) in [5.74, 6) is 0.131. The summed E-state index contributed by atoms with van der Waals surface area (Å²) in [5.41, 5.74) is 2.91. The molecule has 2 nitrogen and oxygen atoms in total. The van der Waals surface area contributed by atoms with E-state index in [0.717, 1.165) is 47.6 Å². The zero-order chi connectivity index (χ0) is 15.5. The van der Waals surface area contributed by atoms with Gasteiger partial charge in [0, 0.05) is 23.7 Å². The van der Waals surface area contributed by atoms with Crippen molar-refractivity contribution in [1.29, 1.82) is 0 Å². The van der Waals surface area contributed by atoms with Gasteiger partial charge in [0.1, 0.15) is 0 Å². The number of rotatable bonds is 3. The number of amides is 1. The third kappa shape index (κ3) is 3.31. The topological polar surface area (TPSA) is 20.3 Å². The number of thiol groups is 1. The van der Waals surface area contributed by atoms with Crippen molar-refractivity contribution in [1.82, 2.24) is 4.90 Å². The molecular weight excluding hydrogens is 314 g/mol. The molecule has 4 heteroatoms. The van der Waals surface area contributed by atoms with E-state index in [2.05, 4.69) is 12.6 Å². The number of likely N-dealkylation sites (tertiary alicyclic amines) is 1. The second-order valence-corrected chi connectivity index (χ2v) is 6.53. The summed E-state index contributed by atoms with van der Waals surface area (Å²) >= 11 is 10.6. The van der Waals surface area contributed by atoms with Crippen molar-refractivity contribution in [2.75, 3.05) is 13.1 Å². The first-order valence-corrected chi connectivity index (χ1v) is 8.37. The van der Waals surface area contributed by atoms with E-state index in [1.807, 2.05) is 53.4 Å². The molecule has 0 N–H and O–H groups in total. The minimum absolute atomic E-state index is 0.0202. The lowest BCUT2D eigenvalue weighted by molar-refractivity contribution is 0.0793. The lowest BCUT2D eigenvalue weighted by atomic mass is 10.0. The van der Waals surface area contributed by atoms with Gasteiger partial charge < -0.3 is 4.90 Å². The van der Waals surface area contributed by atoms with E-state index in [1.165, 1.54) is 0 Å². The van der Waals surface area contributed by atoms with Crippen molar-refractivity contribution in [3.8, 4) is 0 Å². The number of carbonyl (C=O) groups is 1. The van der Waals surface area contributed by atoms with Crippen LogP contribution in [0.25, 0.3) is 0 Å². The predicted molar refractivity (Wildman–Crippen MR) is 93.9 cm³/mol.